The molecule has 0 atom stereocenters. The topological polar surface area (TPSA) is 77.8 Å². The summed E-state index contributed by atoms with van der Waals surface area (Å²) in [5.41, 5.74) is 0.560. The molecular formula is C19H19NO5. The van der Waals surface area contributed by atoms with Gasteiger partial charge in [-0.2, -0.15) is 5.26 Å². The summed E-state index contributed by atoms with van der Waals surface area (Å²) in [4.78, 5) is 11.6. The molecule has 0 aliphatic rings. The number of hydrogen-bond donors (Lipinski definition) is 0. The Hall–Kier alpha value is -3.20. The lowest BCUT2D eigenvalue weighted by molar-refractivity contribution is -0.146. The molecule has 0 radical (unpaired) electrons. The smallest absolute Gasteiger partial charge is 0.344 e. The van der Waals surface area contributed by atoms with Crippen LogP contribution in [0.5, 0.6) is 17.2 Å². The highest BCUT2D eigenvalue weighted by Crippen LogP contribution is 2.17. The van der Waals surface area contributed by atoms with Crippen molar-refractivity contribution in [3.8, 4) is 23.3 Å². The average Bonchev–Trinajstić information content (AvgIpc) is 2.65. The van der Waals surface area contributed by atoms with Crippen molar-refractivity contribution in [1.82, 2.24) is 0 Å². The number of carbonyl (C=O) groups excluding carboxylic acids is 1. The molecule has 0 heterocycles. The third-order valence-electron chi connectivity index (χ3n) is 3.09. The number of nitrogens with zero attached hydrogens (tertiary/aromatic N) is 1. The zero-order chi connectivity index (χ0) is 17.9. The van der Waals surface area contributed by atoms with Crippen LogP contribution in [0.15, 0.2) is 48.5 Å². The third-order valence-corrected chi connectivity index (χ3v) is 3.09. The molecule has 0 saturated carbocycles. The highest BCUT2D eigenvalue weighted by atomic mass is 16.6. The predicted molar refractivity (Wildman–Crippen MR) is 90.7 cm³/mol. The first kappa shape index (κ1) is 18.1. The second kappa shape index (κ2) is 9.83. The number of carbonyl (C=O) groups is 1. The lowest BCUT2D eigenvalue weighted by atomic mass is 10.2. The minimum atomic E-state index is -0.475. The van der Waals surface area contributed by atoms with Gasteiger partial charge < -0.3 is 18.9 Å². The van der Waals surface area contributed by atoms with Gasteiger partial charge in [0.05, 0.1) is 18.2 Å². The van der Waals surface area contributed by atoms with Crippen molar-refractivity contribution in [1.29, 1.82) is 5.26 Å². The third kappa shape index (κ3) is 6.43. The van der Waals surface area contributed by atoms with E-state index in [0.717, 1.165) is 5.75 Å². The molecule has 0 amide bonds. The van der Waals surface area contributed by atoms with Crippen LogP contribution in [-0.2, 0) is 9.53 Å². The number of nitriles is 1. The number of rotatable bonds is 9. The Balaban J connectivity index is 1.62. The molecule has 0 aliphatic carbocycles. The standard InChI is InChI=1S/C19H19NO5/c1-2-22-16-7-9-18(10-8-16)25-14-19(21)24-12-11-23-17-5-3-15(13-20)4-6-17/h3-10H,2,11-12,14H2,1H3. The summed E-state index contributed by atoms with van der Waals surface area (Å²) in [6.07, 6.45) is 0. The van der Waals surface area contributed by atoms with Crippen molar-refractivity contribution < 1.29 is 23.7 Å². The minimum Gasteiger partial charge on any atom is -0.494 e. The van der Waals surface area contributed by atoms with Crippen molar-refractivity contribution in [2.75, 3.05) is 26.4 Å². The molecule has 6 nitrogen and oxygen atoms in total. The van der Waals surface area contributed by atoms with E-state index in [0.29, 0.717) is 23.7 Å². The van der Waals surface area contributed by atoms with Gasteiger partial charge in [-0.3, -0.25) is 0 Å². The quantitative estimate of drug-likeness (QED) is 0.515. The van der Waals surface area contributed by atoms with E-state index in [2.05, 4.69) is 0 Å². The Kier molecular flexibility index (Phi) is 7.13. The van der Waals surface area contributed by atoms with Crippen molar-refractivity contribution in [2.45, 2.75) is 6.92 Å². The Morgan fingerprint density at radius 1 is 0.880 bits per heavy atom. The normalized spacial score (nSPS) is 9.76. The van der Waals surface area contributed by atoms with Gasteiger partial charge in [-0.25, -0.2) is 4.79 Å². The first-order chi connectivity index (χ1) is 12.2. The molecule has 0 saturated heterocycles. The average molecular weight is 341 g/mol. The van der Waals surface area contributed by atoms with Crippen LogP contribution < -0.4 is 14.2 Å². The van der Waals surface area contributed by atoms with Crippen LogP contribution in [0.2, 0.25) is 0 Å². The maximum atomic E-state index is 11.6. The van der Waals surface area contributed by atoms with Gasteiger partial charge in [0.1, 0.15) is 30.5 Å². The summed E-state index contributed by atoms with van der Waals surface area (Å²) in [5, 5.41) is 8.71. The SMILES string of the molecule is CCOc1ccc(OCC(=O)OCCOc2ccc(C#N)cc2)cc1. The van der Waals surface area contributed by atoms with Crippen molar-refractivity contribution >= 4 is 5.97 Å². The second-order valence-electron chi connectivity index (χ2n) is 4.90. The molecule has 2 rings (SSSR count). The maximum absolute atomic E-state index is 11.6. The summed E-state index contributed by atoms with van der Waals surface area (Å²) in [6, 6.07) is 15.7. The fourth-order valence-corrected chi connectivity index (χ4v) is 1.92. The van der Waals surface area contributed by atoms with E-state index in [9.17, 15) is 4.79 Å². The van der Waals surface area contributed by atoms with Gasteiger partial charge in [-0.05, 0) is 55.5 Å². The molecule has 0 aliphatic heterocycles. The van der Waals surface area contributed by atoms with Gasteiger partial charge in [-0.15, -0.1) is 0 Å². The Labute approximate surface area is 146 Å². The van der Waals surface area contributed by atoms with E-state index in [-0.39, 0.29) is 19.8 Å². The lowest BCUT2D eigenvalue weighted by Gasteiger charge is -2.09. The van der Waals surface area contributed by atoms with Gasteiger partial charge in [0.15, 0.2) is 6.61 Å². The summed E-state index contributed by atoms with van der Waals surface area (Å²) >= 11 is 0. The van der Waals surface area contributed by atoms with Crippen molar-refractivity contribution in [2.24, 2.45) is 0 Å². The van der Waals surface area contributed by atoms with Crippen molar-refractivity contribution in [3.05, 3.63) is 54.1 Å². The Morgan fingerprint density at radius 3 is 2.04 bits per heavy atom. The summed E-state index contributed by atoms with van der Waals surface area (Å²) in [7, 11) is 0. The molecule has 0 N–H and O–H groups in total. The van der Waals surface area contributed by atoms with E-state index < -0.39 is 5.97 Å². The first-order valence-corrected chi connectivity index (χ1v) is 7.85. The summed E-state index contributed by atoms with van der Waals surface area (Å²) < 4.78 is 21.1. The highest BCUT2D eigenvalue weighted by molar-refractivity contribution is 5.71. The van der Waals surface area contributed by atoms with Gasteiger partial charge in [0.25, 0.3) is 0 Å². The molecular weight excluding hydrogens is 322 g/mol. The molecule has 0 spiro atoms. The molecule has 0 fully saturated rings. The van der Waals surface area contributed by atoms with Crippen LogP contribution >= 0.6 is 0 Å². The molecule has 2 aromatic carbocycles. The van der Waals surface area contributed by atoms with E-state index in [1.54, 1.807) is 48.5 Å². The van der Waals surface area contributed by atoms with Crippen LogP contribution in [0.25, 0.3) is 0 Å². The van der Waals surface area contributed by atoms with E-state index in [1.807, 2.05) is 13.0 Å². The fraction of sp³-hybridized carbons (Fsp3) is 0.263. The van der Waals surface area contributed by atoms with E-state index >= 15 is 0 Å². The first-order valence-electron chi connectivity index (χ1n) is 7.85. The molecule has 130 valence electrons. The van der Waals surface area contributed by atoms with Crippen LogP contribution in [0.3, 0.4) is 0 Å². The molecule has 6 heteroatoms. The molecule has 2 aromatic rings. The molecule has 0 aromatic heterocycles. The fourth-order valence-electron chi connectivity index (χ4n) is 1.92. The summed E-state index contributed by atoms with van der Waals surface area (Å²) in [6.45, 7) is 2.67. The monoisotopic (exact) mass is 341 g/mol. The number of hydrogen-bond acceptors (Lipinski definition) is 6. The second-order valence-corrected chi connectivity index (χ2v) is 4.90. The highest BCUT2D eigenvalue weighted by Gasteiger charge is 2.05. The van der Waals surface area contributed by atoms with Crippen LogP contribution in [0.4, 0.5) is 0 Å². The summed E-state index contributed by atoms with van der Waals surface area (Å²) in [5.74, 6) is 1.45. The van der Waals surface area contributed by atoms with Gasteiger partial charge in [0.2, 0.25) is 0 Å². The van der Waals surface area contributed by atoms with Crippen LogP contribution in [-0.4, -0.2) is 32.4 Å². The van der Waals surface area contributed by atoms with Crippen LogP contribution in [0.1, 0.15) is 12.5 Å². The van der Waals surface area contributed by atoms with Gasteiger partial charge in [-0.1, -0.05) is 0 Å². The zero-order valence-corrected chi connectivity index (χ0v) is 13.9. The van der Waals surface area contributed by atoms with Crippen LogP contribution in [0, 0.1) is 11.3 Å². The molecule has 25 heavy (non-hydrogen) atoms. The van der Waals surface area contributed by atoms with Crippen molar-refractivity contribution in [3.63, 3.8) is 0 Å². The number of ether oxygens (including phenoxy) is 4. The van der Waals surface area contributed by atoms with Gasteiger partial charge in [0, 0.05) is 0 Å². The molecule has 0 unspecified atom stereocenters. The Morgan fingerprint density at radius 2 is 1.44 bits per heavy atom. The number of benzene rings is 2. The van der Waals surface area contributed by atoms with E-state index in [4.69, 9.17) is 24.2 Å². The number of esters is 1. The maximum Gasteiger partial charge on any atom is 0.344 e. The van der Waals surface area contributed by atoms with Gasteiger partial charge >= 0.3 is 5.97 Å². The minimum absolute atomic E-state index is 0.117. The van der Waals surface area contributed by atoms with E-state index in [1.165, 1.54) is 0 Å². The predicted octanol–water partition coefficient (Wildman–Crippen LogP) is 2.96. The largest absolute Gasteiger partial charge is 0.494 e. The Bertz CT molecular complexity index is 704. The molecule has 0 bridgehead atoms. The zero-order valence-electron chi connectivity index (χ0n) is 13.9. The lowest BCUT2D eigenvalue weighted by Crippen LogP contribution is -2.18.